The number of carbonyl (C=O) groups excluding carboxylic acids is 1. The van der Waals surface area contributed by atoms with Gasteiger partial charge >= 0.3 is 5.97 Å². The molecular weight excluding hydrogens is 377 g/mol. The summed E-state index contributed by atoms with van der Waals surface area (Å²) < 4.78 is 14.0. The van der Waals surface area contributed by atoms with Crippen molar-refractivity contribution in [2.75, 3.05) is 13.6 Å². The van der Waals surface area contributed by atoms with Crippen LogP contribution < -0.4 is 10.4 Å². The topological polar surface area (TPSA) is 110 Å². The minimum absolute atomic E-state index is 0.206. The number of hydrogen-bond acceptors (Lipinski definition) is 3. The first-order valence-corrected chi connectivity index (χ1v) is 9.30. The fraction of sp³-hybridized carbons (Fsp3) is 0.238. The number of nitrogens with one attached hydrogen (secondary N) is 3. The van der Waals surface area contributed by atoms with Crippen LogP contribution in [0.4, 0.5) is 4.39 Å². The number of halogens is 1. The van der Waals surface area contributed by atoms with Crippen molar-refractivity contribution in [2.24, 2.45) is 0 Å². The first-order chi connectivity index (χ1) is 13.8. The number of aromatic amines is 1. The van der Waals surface area contributed by atoms with Gasteiger partial charge in [-0.15, -0.1) is 0 Å². The third-order valence-corrected chi connectivity index (χ3v) is 5.34. The van der Waals surface area contributed by atoms with Crippen molar-refractivity contribution >= 4 is 22.8 Å². The molecule has 1 aromatic heterocycles. The van der Waals surface area contributed by atoms with Gasteiger partial charge in [-0.1, -0.05) is 24.3 Å². The highest BCUT2D eigenvalue weighted by Gasteiger charge is 2.24. The summed E-state index contributed by atoms with van der Waals surface area (Å²) in [7, 11) is 1.38. The van der Waals surface area contributed by atoms with Crippen LogP contribution in [0.2, 0.25) is 0 Å². The van der Waals surface area contributed by atoms with Crippen LogP contribution in [0.5, 0.6) is 0 Å². The lowest BCUT2D eigenvalue weighted by molar-refractivity contribution is -0.860. The zero-order valence-electron chi connectivity index (χ0n) is 15.7. The molecule has 0 spiro atoms. The summed E-state index contributed by atoms with van der Waals surface area (Å²) in [4.78, 5) is 26.6. The Bertz CT molecular complexity index is 1110. The van der Waals surface area contributed by atoms with Gasteiger partial charge in [-0.3, -0.25) is 9.59 Å². The van der Waals surface area contributed by atoms with E-state index in [0.717, 1.165) is 16.8 Å². The Labute approximate surface area is 165 Å². The Kier molecular flexibility index (Phi) is 4.81. The van der Waals surface area contributed by atoms with Crippen LogP contribution in [-0.4, -0.2) is 35.6 Å². The molecule has 0 saturated heterocycles. The van der Waals surface area contributed by atoms with Crippen molar-refractivity contribution in [3.8, 4) is 11.3 Å². The van der Waals surface area contributed by atoms with Crippen LogP contribution in [0.25, 0.3) is 22.2 Å². The summed E-state index contributed by atoms with van der Waals surface area (Å²) in [5.41, 5.74) is 4.03. The van der Waals surface area contributed by atoms with E-state index < -0.39 is 17.8 Å². The number of carbonyl (C=O) groups is 2. The molecule has 4 N–H and O–H groups in total. The standard InChI is InChI=1S/C21H20FN3O4/c1-25(29)17(10-18(26)27)11-2-4-12(5-3-11)20-14-6-7-23-21(28)15-8-13(22)9-16(24-20)19(14)15/h2-5,8-9,17,24-25H,6-7,10H2,1H3,(H,23,28)(H,26,27). The summed E-state index contributed by atoms with van der Waals surface area (Å²) in [5.74, 6) is -1.82. The number of H-pyrrole nitrogens is 1. The van der Waals surface area contributed by atoms with E-state index in [2.05, 4.69) is 10.3 Å². The van der Waals surface area contributed by atoms with Crippen molar-refractivity contribution in [1.82, 2.24) is 10.3 Å². The molecule has 2 heterocycles. The molecule has 150 valence electrons. The number of hydroxylamine groups is 2. The lowest BCUT2D eigenvalue weighted by Gasteiger charge is -2.26. The predicted octanol–water partition coefficient (Wildman–Crippen LogP) is 1.79. The zero-order chi connectivity index (χ0) is 20.7. The fourth-order valence-electron chi connectivity index (χ4n) is 3.99. The van der Waals surface area contributed by atoms with Crippen LogP contribution in [-0.2, 0) is 11.2 Å². The fourth-order valence-corrected chi connectivity index (χ4v) is 3.99. The summed E-state index contributed by atoms with van der Waals surface area (Å²) in [6.07, 6.45) is 0.333. The third-order valence-electron chi connectivity index (χ3n) is 5.34. The van der Waals surface area contributed by atoms with Crippen molar-refractivity contribution in [1.29, 1.82) is 0 Å². The maximum absolute atomic E-state index is 14.0. The second-order valence-electron chi connectivity index (χ2n) is 7.24. The highest BCUT2D eigenvalue weighted by molar-refractivity contribution is 6.10. The monoisotopic (exact) mass is 397 g/mol. The van der Waals surface area contributed by atoms with Crippen molar-refractivity contribution in [2.45, 2.75) is 18.9 Å². The van der Waals surface area contributed by atoms with Gasteiger partial charge in [-0.2, -0.15) is 0 Å². The van der Waals surface area contributed by atoms with E-state index in [1.54, 1.807) is 12.1 Å². The molecular formula is C21H20FN3O4. The average molecular weight is 397 g/mol. The first kappa shape index (κ1) is 19.1. The second kappa shape index (κ2) is 7.31. The van der Waals surface area contributed by atoms with Crippen molar-refractivity contribution in [3.63, 3.8) is 0 Å². The molecule has 7 nitrogen and oxygen atoms in total. The molecule has 2 aromatic carbocycles. The molecule has 2 atom stereocenters. The molecule has 0 fully saturated rings. The lowest BCUT2D eigenvalue weighted by Crippen LogP contribution is -3.04. The van der Waals surface area contributed by atoms with Crippen LogP contribution in [0.1, 0.15) is 33.9 Å². The van der Waals surface area contributed by atoms with Crippen molar-refractivity contribution in [3.05, 3.63) is 64.1 Å². The molecule has 29 heavy (non-hydrogen) atoms. The molecule has 0 aliphatic carbocycles. The van der Waals surface area contributed by atoms with E-state index in [-0.39, 0.29) is 17.4 Å². The second-order valence-corrected chi connectivity index (χ2v) is 7.24. The Morgan fingerprint density at radius 2 is 2.03 bits per heavy atom. The summed E-state index contributed by atoms with van der Waals surface area (Å²) in [6, 6.07) is 9.02. The average Bonchev–Trinajstić information content (AvgIpc) is 2.94. The van der Waals surface area contributed by atoms with E-state index in [4.69, 9.17) is 5.11 Å². The normalized spacial score (nSPS) is 15.6. The Morgan fingerprint density at radius 1 is 1.31 bits per heavy atom. The highest BCUT2D eigenvalue weighted by atomic mass is 19.1. The molecule has 8 heteroatoms. The minimum Gasteiger partial charge on any atom is -0.634 e. The maximum atomic E-state index is 14.0. The lowest BCUT2D eigenvalue weighted by atomic mass is 9.97. The number of amides is 1. The quantitative estimate of drug-likeness (QED) is 0.492. The largest absolute Gasteiger partial charge is 0.634 e. The smallest absolute Gasteiger partial charge is 0.309 e. The molecule has 0 saturated carbocycles. The molecule has 3 aromatic rings. The van der Waals surface area contributed by atoms with Crippen LogP contribution in [0.15, 0.2) is 36.4 Å². The number of aromatic nitrogens is 1. The van der Waals surface area contributed by atoms with Gasteiger partial charge in [-0.05, 0) is 29.7 Å². The maximum Gasteiger partial charge on any atom is 0.309 e. The number of carboxylic acids is 1. The zero-order valence-corrected chi connectivity index (χ0v) is 15.7. The molecule has 1 amide bonds. The SMILES string of the molecule is C[NH+]([O-])C(CC(=O)O)c1ccc(-c2[nH]c3cc(F)cc4c3c2CCNC4=O)cc1. The summed E-state index contributed by atoms with van der Waals surface area (Å²) >= 11 is 0. The van der Waals surface area contributed by atoms with Gasteiger partial charge in [0.2, 0.25) is 0 Å². The van der Waals surface area contributed by atoms with E-state index in [1.165, 1.54) is 19.2 Å². The van der Waals surface area contributed by atoms with Crippen LogP contribution >= 0.6 is 0 Å². The minimum atomic E-state index is -1.03. The predicted molar refractivity (Wildman–Crippen MR) is 105 cm³/mol. The number of carboxylic acid groups (broad SMARTS) is 1. The van der Waals surface area contributed by atoms with Gasteiger partial charge in [0.1, 0.15) is 18.3 Å². The molecule has 2 unspecified atom stereocenters. The van der Waals surface area contributed by atoms with Gasteiger partial charge in [0.15, 0.2) is 0 Å². The number of hydrogen-bond donors (Lipinski definition) is 4. The summed E-state index contributed by atoms with van der Waals surface area (Å²) in [5, 5.41) is 24.2. The molecule has 4 rings (SSSR count). The molecule has 1 aliphatic rings. The Morgan fingerprint density at radius 3 is 2.69 bits per heavy atom. The number of quaternary nitrogens is 1. The Hall–Kier alpha value is -3.23. The summed E-state index contributed by atoms with van der Waals surface area (Å²) in [6.45, 7) is 0.443. The van der Waals surface area contributed by atoms with E-state index >= 15 is 0 Å². The number of aliphatic carboxylic acids is 1. The van der Waals surface area contributed by atoms with Crippen LogP contribution in [0.3, 0.4) is 0 Å². The van der Waals surface area contributed by atoms with Gasteiger partial charge in [0, 0.05) is 28.7 Å². The van der Waals surface area contributed by atoms with Crippen molar-refractivity contribution < 1.29 is 24.1 Å². The number of benzene rings is 2. The Balaban J connectivity index is 1.79. The van der Waals surface area contributed by atoms with E-state index in [1.807, 2.05) is 12.1 Å². The molecule has 0 radical (unpaired) electrons. The molecule has 0 bridgehead atoms. The number of rotatable bonds is 5. The van der Waals surface area contributed by atoms with Gasteiger partial charge < -0.3 is 25.7 Å². The first-order valence-electron chi connectivity index (χ1n) is 9.30. The van der Waals surface area contributed by atoms with Gasteiger partial charge in [0.25, 0.3) is 5.91 Å². The molecule has 1 aliphatic heterocycles. The van der Waals surface area contributed by atoms with E-state index in [9.17, 15) is 19.2 Å². The highest BCUT2D eigenvalue weighted by Crippen LogP contribution is 2.35. The van der Waals surface area contributed by atoms with Gasteiger partial charge in [0.05, 0.1) is 12.6 Å². The third kappa shape index (κ3) is 3.48. The van der Waals surface area contributed by atoms with E-state index in [0.29, 0.717) is 35.0 Å². The van der Waals surface area contributed by atoms with Crippen LogP contribution in [0, 0.1) is 11.0 Å². The van der Waals surface area contributed by atoms with Gasteiger partial charge in [-0.25, -0.2) is 4.39 Å².